The Morgan fingerprint density at radius 3 is 1.83 bits per heavy atom. The van der Waals surface area contributed by atoms with Gasteiger partial charge in [-0.05, 0) is 50.0 Å². The molecule has 0 atom stereocenters. The summed E-state index contributed by atoms with van der Waals surface area (Å²) in [5, 5.41) is 14.2. The van der Waals surface area contributed by atoms with Crippen LogP contribution < -0.4 is 0 Å². The number of carbonyl (C=O) groups excluding carboxylic acids is 1. The molecule has 0 bridgehead atoms. The normalized spacial score (nSPS) is 17.6. The molecule has 0 radical (unpaired) electrons. The molecular weight excluding hydrogens is 504 g/mol. The van der Waals surface area contributed by atoms with Gasteiger partial charge in [0.15, 0.2) is 0 Å². The third kappa shape index (κ3) is 9.97. The third-order valence-electron chi connectivity index (χ3n) is 5.62. The third-order valence-corrected chi connectivity index (χ3v) is 5.62. The molecule has 2 fully saturated rings. The van der Waals surface area contributed by atoms with Crippen LogP contribution in [0.1, 0.15) is 24.8 Å². The van der Waals surface area contributed by atoms with E-state index in [9.17, 15) is 31.1 Å². The van der Waals surface area contributed by atoms with Crippen LogP contribution >= 0.6 is 0 Å². The van der Waals surface area contributed by atoms with E-state index in [2.05, 4.69) is 22.0 Å². The number of carboxylic acids is 2. The van der Waals surface area contributed by atoms with Crippen molar-refractivity contribution >= 4 is 17.8 Å². The van der Waals surface area contributed by atoms with E-state index in [1.54, 1.807) is 7.11 Å². The van der Waals surface area contributed by atoms with Gasteiger partial charge in [0.2, 0.25) is 5.91 Å². The summed E-state index contributed by atoms with van der Waals surface area (Å²) in [6, 6.07) is 4.13. The van der Waals surface area contributed by atoms with Gasteiger partial charge >= 0.3 is 24.3 Å². The number of hydrogen-bond donors (Lipinski definition) is 2. The standard InChI is InChI=1S/C17H25N3O2.2C2HF3O2/c1-22-13-12-20-11-6-17(16(20)21)4-9-19(10-5-17)14-15-2-7-18-8-3-15;2*3-2(4,5)1(6)7/h2-3,7-8H,4-6,9-14H2,1H3;2*(H,6,7). The Hall–Kier alpha value is -2.94. The van der Waals surface area contributed by atoms with Crippen LogP contribution in [0.4, 0.5) is 26.3 Å². The minimum absolute atomic E-state index is 0.0948. The van der Waals surface area contributed by atoms with Crippen LogP contribution in [0.5, 0.6) is 0 Å². The molecule has 3 heterocycles. The van der Waals surface area contributed by atoms with Crippen molar-refractivity contribution in [3.05, 3.63) is 30.1 Å². The van der Waals surface area contributed by atoms with Crippen LogP contribution in [0.2, 0.25) is 0 Å². The summed E-state index contributed by atoms with van der Waals surface area (Å²) in [7, 11) is 1.69. The minimum Gasteiger partial charge on any atom is -0.475 e. The first-order valence-electron chi connectivity index (χ1n) is 10.6. The largest absolute Gasteiger partial charge is 0.490 e. The van der Waals surface area contributed by atoms with Gasteiger partial charge < -0.3 is 19.8 Å². The maximum Gasteiger partial charge on any atom is 0.490 e. The first-order valence-corrected chi connectivity index (χ1v) is 10.6. The monoisotopic (exact) mass is 531 g/mol. The molecule has 36 heavy (non-hydrogen) atoms. The van der Waals surface area contributed by atoms with Crippen LogP contribution in [0.25, 0.3) is 0 Å². The van der Waals surface area contributed by atoms with Crippen LogP contribution in [-0.4, -0.2) is 95.1 Å². The van der Waals surface area contributed by atoms with Crippen molar-refractivity contribution in [2.24, 2.45) is 5.41 Å². The number of rotatable bonds is 5. The van der Waals surface area contributed by atoms with E-state index >= 15 is 0 Å². The molecule has 0 aliphatic carbocycles. The van der Waals surface area contributed by atoms with Crippen molar-refractivity contribution in [2.75, 3.05) is 39.9 Å². The van der Waals surface area contributed by atoms with Crippen molar-refractivity contribution in [1.82, 2.24) is 14.8 Å². The summed E-state index contributed by atoms with van der Waals surface area (Å²) < 4.78 is 68.6. The highest BCUT2D eigenvalue weighted by Crippen LogP contribution is 2.41. The van der Waals surface area contributed by atoms with Gasteiger partial charge in [-0.25, -0.2) is 9.59 Å². The Bertz CT molecular complexity index is 834. The van der Waals surface area contributed by atoms with E-state index in [0.29, 0.717) is 12.5 Å². The number of pyridine rings is 1. The Balaban J connectivity index is 0.000000383. The quantitative estimate of drug-likeness (QED) is 0.557. The summed E-state index contributed by atoms with van der Waals surface area (Å²) in [6.45, 7) is 5.24. The zero-order chi connectivity index (χ0) is 27.6. The summed E-state index contributed by atoms with van der Waals surface area (Å²) in [4.78, 5) is 39.0. The van der Waals surface area contributed by atoms with Gasteiger partial charge in [-0.1, -0.05) is 0 Å². The zero-order valence-corrected chi connectivity index (χ0v) is 19.3. The molecule has 204 valence electrons. The number of amides is 1. The lowest BCUT2D eigenvalue weighted by atomic mass is 9.77. The SMILES string of the molecule is COCCN1CCC2(CCN(Cc3ccncc3)CC2)C1=O.O=C(O)C(F)(F)F.O=C(O)C(F)(F)F. The smallest absolute Gasteiger partial charge is 0.475 e. The molecule has 1 aromatic heterocycles. The maximum atomic E-state index is 12.7. The highest BCUT2D eigenvalue weighted by Gasteiger charge is 2.47. The molecule has 2 saturated heterocycles. The number of aromatic nitrogens is 1. The highest BCUT2D eigenvalue weighted by atomic mass is 19.4. The minimum atomic E-state index is -5.08. The number of alkyl halides is 6. The van der Waals surface area contributed by atoms with Gasteiger partial charge in [0, 0.05) is 39.1 Å². The predicted molar refractivity (Wildman–Crippen MR) is 112 cm³/mol. The van der Waals surface area contributed by atoms with Gasteiger partial charge in [-0.3, -0.25) is 14.7 Å². The van der Waals surface area contributed by atoms with Gasteiger partial charge in [-0.15, -0.1) is 0 Å². The van der Waals surface area contributed by atoms with Crippen LogP contribution in [0, 0.1) is 5.41 Å². The number of methoxy groups -OCH3 is 1. The van der Waals surface area contributed by atoms with Gasteiger partial charge in [0.25, 0.3) is 0 Å². The average Bonchev–Trinajstić information content (AvgIpc) is 3.09. The highest BCUT2D eigenvalue weighted by molar-refractivity contribution is 5.85. The average molecular weight is 531 g/mol. The molecule has 0 aromatic carbocycles. The molecule has 3 rings (SSSR count). The lowest BCUT2D eigenvalue weighted by molar-refractivity contribution is -0.193. The molecule has 1 aromatic rings. The summed E-state index contributed by atoms with van der Waals surface area (Å²) in [5.74, 6) is -5.16. The fourth-order valence-corrected chi connectivity index (χ4v) is 3.66. The topological polar surface area (TPSA) is 120 Å². The maximum absolute atomic E-state index is 12.7. The van der Waals surface area contributed by atoms with E-state index in [1.165, 1.54) is 5.56 Å². The molecule has 2 aliphatic rings. The molecule has 0 unspecified atom stereocenters. The number of ether oxygens (including phenoxy) is 1. The van der Waals surface area contributed by atoms with Crippen molar-refractivity contribution < 1.29 is 55.7 Å². The number of nitrogens with zero attached hydrogens (tertiary/aromatic N) is 3. The fourth-order valence-electron chi connectivity index (χ4n) is 3.66. The first kappa shape index (κ1) is 31.1. The second kappa shape index (κ2) is 13.4. The molecule has 1 spiro atoms. The molecule has 1 amide bonds. The van der Waals surface area contributed by atoms with Gasteiger partial charge in [-0.2, -0.15) is 26.3 Å². The lowest BCUT2D eigenvalue weighted by Gasteiger charge is -2.38. The number of carboxylic acid groups (broad SMARTS) is 2. The van der Waals surface area contributed by atoms with Gasteiger partial charge in [0.1, 0.15) is 0 Å². The number of likely N-dealkylation sites (tertiary alicyclic amines) is 2. The first-order chi connectivity index (χ1) is 16.6. The van der Waals surface area contributed by atoms with Gasteiger partial charge in [0.05, 0.1) is 12.0 Å². The molecule has 2 N–H and O–H groups in total. The molecule has 9 nitrogen and oxygen atoms in total. The summed E-state index contributed by atoms with van der Waals surface area (Å²) >= 11 is 0. The van der Waals surface area contributed by atoms with Crippen LogP contribution in [0.15, 0.2) is 24.5 Å². The van der Waals surface area contributed by atoms with E-state index in [0.717, 1.165) is 52.0 Å². The second-order valence-electron chi connectivity index (χ2n) is 8.05. The van der Waals surface area contributed by atoms with Crippen molar-refractivity contribution in [1.29, 1.82) is 0 Å². The van der Waals surface area contributed by atoms with Crippen molar-refractivity contribution in [2.45, 2.75) is 38.2 Å². The van der Waals surface area contributed by atoms with Crippen LogP contribution in [0.3, 0.4) is 0 Å². The van der Waals surface area contributed by atoms with E-state index < -0.39 is 24.3 Å². The predicted octanol–water partition coefficient (Wildman–Crippen LogP) is 2.81. The van der Waals surface area contributed by atoms with Crippen molar-refractivity contribution in [3.63, 3.8) is 0 Å². The van der Waals surface area contributed by atoms with E-state index in [4.69, 9.17) is 24.5 Å². The molecule has 2 aliphatic heterocycles. The van der Waals surface area contributed by atoms with Crippen molar-refractivity contribution in [3.8, 4) is 0 Å². The molecular formula is C21H27F6N3O6. The zero-order valence-electron chi connectivity index (χ0n) is 19.3. The Morgan fingerprint density at radius 1 is 0.972 bits per heavy atom. The lowest BCUT2D eigenvalue weighted by Crippen LogP contribution is -2.44. The van der Waals surface area contributed by atoms with E-state index in [-0.39, 0.29) is 5.41 Å². The molecule has 0 saturated carbocycles. The number of halogens is 6. The Kier molecular flexibility index (Phi) is 11.6. The van der Waals surface area contributed by atoms with E-state index in [1.807, 2.05) is 17.3 Å². The fraction of sp³-hybridized carbons (Fsp3) is 0.619. The summed E-state index contributed by atoms with van der Waals surface area (Å²) in [6.07, 6.45) is -3.50. The number of hydrogen-bond acceptors (Lipinski definition) is 6. The Morgan fingerprint density at radius 2 is 1.42 bits per heavy atom. The summed E-state index contributed by atoms with van der Waals surface area (Å²) in [5.41, 5.74) is 1.20. The second-order valence-corrected chi connectivity index (χ2v) is 8.05. The number of aliphatic carboxylic acids is 2. The van der Waals surface area contributed by atoms with Crippen LogP contribution in [-0.2, 0) is 25.7 Å². The number of piperidine rings is 1. The Labute approximate surface area is 202 Å². The number of carbonyl (C=O) groups is 3. The molecule has 15 heteroatoms.